The zero-order valence-corrected chi connectivity index (χ0v) is 10.1. The van der Waals surface area contributed by atoms with Crippen LogP contribution in [-0.2, 0) is 4.79 Å². The molecule has 0 aromatic carbocycles. The van der Waals surface area contributed by atoms with E-state index in [2.05, 4.69) is 11.9 Å². The Morgan fingerprint density at radius 3 is 2.69 bits per heavy atom. The quantitative estimate of drug-likeness (QED) is 0.676. The molecule has 1 fully saturated rings. The number of amides is 1. The van der Waals surface area contributed by atoms with Gasteiger partial charge in [-0.2, -0.15) is 0 Å². The van der Waals surface area contributed by atoms with Crippen LogP contribution in [-0.4, -0.2) is 19.0 Å². The molecule has 1 aliphatic carbocycles. The van der Waals surface area contributed by atoms with Gasteiger partial charge in [0.25, 0.3) is 0 Å². The third-order valence-electron chi connectivity index (χ3n) is 3.51. The maximum absolute atomic E-state index is 11.6. The smallest absolute Gasteiger partial charge is 0.220 e. The zero-order chi connectivity index (χ0) is 11.8. The van der Waals surface area contributed by atoms with Crippen LogP contribution >= 0.6 is 0 Å². The summed E-state index contributed by atoms with van der Waals surface area (Å²) < 4.78 is 0. The number of carbonyl (C=O) groups excluding carboxylic acids is 1. The van der Waals surface area contributed by atoms with Gasteiger partial charge < -0.3 is 11.1 Å². The van der Waals surface area contributed by atoms with E-state index in [0.29, 0.717) is 31.3 Å². The van der Waals surface area contributed by atoms with E-state index in [1.807, 2.05) is 0 Å². The van der Waals surface area contributed by atoms with Crippen molar-refractivity contribution in [2.45, 2.75) is 38.5 Å². The molecule has 1 saturated carbocycles. The largest absolute Gasteiger partial charge is 0.353 e. The molecule has 1 atom stereocenters. The van der Waals surface area contributed by atoms with Crippen LogP contribution in [0.15, 0.2) is 12.7 Å². The number of hydrogen-bond acceptors (Lipinski definition) is 2. The van der Waals surface area contributed by atoms with Gasteiger partial charge in [-0.05, 0) is 18.4 Å². The summed E-state index contributed by atoms with van der Waals surface area (Å²) in [5.41, 5.74) is 5.78. The molecule has 3 N–H and O–H groups in total. The van der Waals surface area contributed by atoms with Gasteiger partial charge in [0.15, 0.2) is 0 Å². The molecule has 3 heteroatoms. The highest BCUT2D eigenvalue weighted by atomic mass is 16.1. The van der Waals surface area contributed by atoms with E-state index in [4.69, 9.17) is 5.73 Å². The molecule has 3 nitrogen and oxygen atoms in total. The third kappa shape index (κ3) is 4.35. The summed E-state index contributed by atoms with van der Waals surface area (Å²) in [5.74, 6) is 1.14. The lowest BCUT2D eigenvalue weighted by Crippen LogP contribution is -2.32. The fraction of sp³-hybridized carbons (Fsp3) is 0.769. The van der Waals surface area contributed by atoms with Crippen LogP contribution in [0, 0.1) is 11.8 Å². The molecule has 0 aromatic heterocycles. The van der Waals surface area contributed by atoms with Gasteiger partial charge in [-0.25, -0.2) is 0 Å². The van der Waals surface area contributed by atoms with Crippen molar-refractivity contribution in [3.8, 4) is 0 Å². The molecule has 0 bridgehead atoms. The topological polar surface area (TPSA) is 55.1 Å². The lowest BCUT2D eigenvalue weighted by molar-refractivity contribution is -0.122. The van der Waals surface area contributed by atoms with Crippen molar-refractivity contribution in [2.75, 3.05) is 13.1 Å². The van der Waals surface area contributed by atoms with Gasteiger partial charge in [0.1, 0.15) is 0 Å². The van der Waals surface area contributed by atoms with Gasteiger partial charge in [0, 0.05) is 13.0 Å². The second kappa shape index (κ2) is 7.44. The van der Waals surface area contributed by atoms with Crippen LogP contribution in [0.2, 0.25) is 0 Å². The molecule has 0 spiro atoms. The van der Waals surface area contributed by atoms with E-state index < -0.39 is 0 Å². The van der Waals surface area contributed by atoms with Gasteiger partial charge in [-0.3, -0.25) is 4.79 Å². The Balaban J connectivity index is 2.34. The van der Waals surface area contributed by atoms with Crippen molar-refractivity contribution in [2.24, 2.45) is 17.6 Å². The molecule has 1 amide bonds. The molecule has 0 aromatic rings. The van der Waals surface area contributed by atoms with Gasteiger partial charge in [-0.1, -0.05) is 38.2 Å². The van der Waals surface area contributed by atoms with E-state index >= 15 is 0 Å². The molecule has 92 valence electrons. The van der Waals surface area contributed by atoms with Crippen molar-refractivity contribution >= 4 is 5.91 Å². The molecular weight excluding hydrogens is 200 g/mol. The average molecular weight is 224 g/mol. The van der Waals surface area contributed by atoms with Crippen LogP contribution in [0.5, 0.6) is 0 Å². The van der Waals surface area contributed by atoms with Crippen molar-refractivity contribution in [1.82, 2.24) is 5.32 Å². The Bertz CT molecular complexity index is 222. The number of rotatable bonds is 6. The number of hydrogen-bond donors (Lipinski definition) is 2. The Morgan fingerprint density at radius 2 is 2.12 bits per heavy atom. The maximum atomic E-state index is 11.6. The second-order valence-electron chi connectivity index (χ2n) is 4.69. The molecule has 1 unspecified atom stereocenters. The zero-order valence-electron chi connectivity index (χ0n) is 10.1. The van der Waals surface area contributed by atoms with E-state index in [1.54, 1.807) is 6.08 Å². The van der Waals surface area contributed by atoms with Crippen LogP contribution in [0.1, 0.15) is 38.5 Å². The van der Waals surface area contributed by atoms with Crippen LogP contribution < -0.4 is 11.1 Å². The molecule has 0 saturated heterocycles. The maximum Gasteiger partial charge on any atom is 0.220 e. The normalized spacial score (nSPS) is 19.1. The first-order chi connectivity index (χ1) is 7.77. The van der Waals surface area contributed by atoms with E-state index in [1.165, 1.54) is 32.1 Å². The minimum absolute atomic E-state index is 0.112. The standard InChI is InChI=1S/C13H24N2O/c1-2-8-15-13(16)9-12(10-14)11-6-4-3-5-7-11/h2,11-12H,1,3-10,14H2,(H,15,16). The van der Waals surface area contributed by atoms with Crippen molar-refractivity contribution in [1.29, 1.82) is 0 Å². The summed E-state index contributed by atoms with van der Waals surface area (Å²) >= 11 is 0. The Kier molecular flexibility index (Phi) is 6.16. The molecule has 0 aliphatic heterocycles. The van der Waals surface area contributed by atoms with E-state index in [-0.39, 0.29) is 5.91 Å². The lowest BCUT2D eigenvalue weighted by atomic mass is 9.78. The summed E-state index contributed by atoms with van der Waals surface area (Å²) in [6, 6.07) is 0. The number of carbonyl (C=O) groups is 1. The Hall–Kier alpha value is -0.830. The van der Waals surface area contributed by atoms with Gasteiger partial charge in [0.2, 0.25) is 5.91 Å². The minimum Gasteiger partial charge on any atom is -0.353 e. The van der Waals surface area contributed by atoms with Crippen LogP contribution in [0.3, 0.4) is 0 Å². The highest BCUT2D eigenvalue weighted by Crippen LogP contribution is 2.31. The van der Waals surface area contributed by atoms with Crippen molar-refractivity contribution in [3.63, 3.8) is 0 Å². The average Bonchev–Trinajstić information content (AvgIpc) is 2.34. The lowest BCUT2D eigenvalue weighted by Gasteiger charge is -2.29. The molecule has 16 heavy (non-hydrogen) atoms. The van der Waals surface area contributed by atoms with Crippen molar-refractivity contribution in [3.05, 3.63) is 12.7 Å². The first-order valence-corrected chi connectivity index (χ1v) is 6.35. The fourth-order valence-corrected chi connectivity index (χ4v) is 2.54. The van der Waals surface area contributed by atoms with Crippen LogP contribution in [0.25, 0.3) is 0 Å². The highest BCUT2D eigenvalue weighted by molar-refractivity contribution is 5.76. The number of nitrogens with two attached hydrogens (primary N) is 1. The molecule has 0 radical (unpaired) electrons. The van der Waals surface area contributed by atoms with Gasteiger partial charge >= 0.3 is 0 Å². The molecule has 1 rings (SSSR count). The predicted octanol–water partition coefficient (Wildman–Crippen LogP) is 1.83. The summed E-state index contributed by atoms with van der Waals surface area (Å²) in [5, 5.41) is 2.82. The third-order valence-corrected chi connectivity index (χ3v) is 3.51. The van der Waals surface area contributed by atoms with Crippen LogP contribution in [0.4, 0.5) is 0 Å². The van der Waals surface area contributed by atoms with Crippen molar-refractivity contribution < 1.29 is 4.79 Å². The first kappa shape index (κ1) is 13.2. The van der Waals surface area contributed by atoms with Gasteiger partial charge in [0.05, 0.1) is 0 Å². The Labute approximate surface area is 98.5 Å². The second-order valence-corrected chi connectivity index (χ2v) is 4.69. The summed E-state index contributed by atoms with van der Waals surface area (Å²) in [6.45, 7) is 4.77. The predicted molar refractivity (Wildman–Crippen MR) is 66.9 cm³/mol. The molecule has 1 aliphatic rings. The highest BCUT2D eigenvalue weighted by Gasteiger charge is 2.24. The Morgan fingerprint density at radius 1 is 1.44 bits per heavy atom. The summed E-state index contributed by atoms with van der Waals surface area (Å²) in [4.78, 5) is 11.6. The van der Waals surface area contributed by atoms with Gasteiger partial charge in [-0.15, -0.1) is 6.58 Å². The molecule has 0 heterocycles. The monoisotopic (exact) mass is 224 g/mol. The number of nitrogens with one attached hydrogen (secondary N) is 1. The summed E-state index contributed by atoms with van der Waals surface area (Å²) in [6.07, 6.45) is 8.72. The minimum atomic E-state index is 0.112. The van der Waals surface area contributed by atoms with E-state index in [0.717, 1.165) is 0 Å². The fourth-order valence-electron chi connectivity index (χ4n) is 2.54. The molecular formula is C13H24N2O. The first-order valence-electron chi connectivity index (χ1n) is 6.35. The van der Waals surface area contributed by atoms with E-state index in [9.17, 15) is 4.79 Å². The summed E-state index contributed by atoms with van der Waals surface area (Å²) in [7, 11) is 0. The SMILES string of the molecule is C=CCNC(=O)CC(CN)C1CCCCC1.